The van der Waals surface area contributed by atoms with E-state index >= 15 is 0 Å². The molecular formula is C24H26N4O3. The standard InChI is InChI=1S/C24H26N4O3/c1-4-26-20-10-9-17(14-21(20)27(5-2)24(26)31)19-15-25-28(12-11-22(29)30)23(19)18-8-6-7-16(3)13-18/h6-10,13-15H,4-5,11-12H2,1-3H3,(H,29,30). The van der Waals surface area contributed by atoms with Gasteiger partial charge in [-0.05, 0) is 44.5 Å². The van der Waals surface area contributed by atoms with Crippen molar-refractivity contribution < 1.29 is 9.90 Å². The highest BCUT2D eigenvalue weighted by Gasteiger charge is 2.18. The zero-order valence-corrected chi connectivity index (χ0v) is 18.0. The number of fused-ring (bicyclic) bond motifs is 1. The van der Waals surface area contributed by atoms with Gasteiger partial charge in [0.15, 0.2) is 0 Å². The van der Waals surface area contributed by atoms with Gasteiger partial charge in [-0.25, -0.2) is 4.79 Å². The van der Waals surface area contributed by atoms with Crippen LogP contribution in [0.25, 0.3) is 33.4 Å². The fourth-order valence-electron chi connectivity index (χ4n) is 4.16. The van der Waals surface area contributed by atoms with E-state index in [4.69, 9.17) is 5.11 Å². The Balaban J connectivity index is 1.92. The second kappa shape index (κ2) is 8.26. The van der Waals surface area contributed by atoms with Crippen molar-refractivity contribution in [3.63, 3.8) is 0 Å². The predicted octanol–water partition coefficient (Wildman–Crippen LogP) is 4.16. The van der Waals surface area contributed by atoms with E-state index in [1.54, 1.807) is 20.0 Å². The maximum absolute atomic E-state index is 12.7. The summed E-state index contributed by atoms with van der Waals surface area (Å²) in [5.74, 6) is -0.860. The fraction of sp³-hybridized carbons (Fsp3) is 0.292. The molecule has 4 rings (SSSR count). The molecule has 7 nitrogen and oxygen atoms in total. The zero-order chi connectivity index (χ0) is 22.1. The largest absolute Gasteiger partial charge is 0.481 e. The van der Waals surface area contributed by atoms with Crippen molar-refractivity contribution in [2.24, 2.45) is 0 Å². The molecule has 31 heavy (non-hydrogen) atoms. The van der Waals surface area contributed by atoms with Crippen LogP contribution in [0.2, 0.25) is 0 Å². The van der Waals surface area contributed by atoms with Crippen LogP contribution in [0.3, 0.4) is 0 Å². The van der Waals surface area contributed by atoms with Crippen LogP contribution in [0, 0.1) is 6.92 Å². The lowest BCUT2D eigenvalue weighted by atomic mass is 10.00. The molecule has 0 radical (unpaired) electrons. The molecule has 4 aromatic rings. The molecule has 160 valence electrons. The molecule has 0 saturated heterocycles. The molecule has 1 N–H and O–H groups in total. The number of carbonyl (C=O) groups is 1. The van der Waals surface area contributed by atoms with Crippen LogP contribution in [-0.4, -0.2) is 30.0 Å². The Kier molecular flexibility index (Phi) is 5.50. The van der Waals surface area contributed by atoms with Crippen molar-refractivity contribution in [1.82, 2.24) is 18.9 Å². The van der Waals surface area contributed by atoms with E-state index in [-0.39, 0.29) is 18.7 Å². The van der Waals surface area contributed by atoms with Crippen LogP contribution in [0.4, 0.5) is 0 Å². The Bertz CT molecular complexity index is 1330. The first-order valence-electron chi connectivity index (χ1n) is 10.5. The summed E-state index contributed by atoms with van der Waals surface area (Å²) in [5.41, 5.74) is 6.63. The maximum Gasteiger partial charge on any atom is 0.329 e. The number of hydrogen-bond acceptors (Lipinski definition) is 3. The molecule has 0 aliphatic rings. The van der Waals surface area contributed by atoms with E-state index < -0.39 is 5.97 Å². The van der Waals surface area contributed by atoms with E-state index in [0.717, 1.165) is 39.0 Å². The third-order valence-corrected chi connectivity index (χ3v) is 5.63. The highest BCUT2D eigenvalue weighted by molar-refractivity contribution is 5.87. The van der Waals surface area contributed by atoms with Crippen molar-refractivity contribution in [2.75, 3.05) is 0 Å². The van der Waals surface area contributed by atoms with Gasteiger partial charge in [0.05, 0.1) is 35.9 Å². The van der Waals surface area contributed by atoms with Gasteiger partial charge in [-0.1, -0.05) is 29.8 Å². The van der Waals surface area contributed by atoms with Crippen molar-refractivity contribution in [3.05, 3.63) is 64.7 Å². The third-order valence-electron chi connectivity index (χ3n) is 5.63. The number of hydrogen-bond donors (Lipinski definition) is 1. The smallest absolute Gasteiger partial charge is 0.329 e. The lowest BCUT2D eigenvalue weighted by Crippen LogP contribution is -2.22. The Labute approximate surface area is 180 Å². The normalized spacial score (nSPS) is 11.3. The second-order valence-electron chi connectivity index (χ2n) is 7.62. The minimum atomic E-state index is -0.860. The van der Waals surface area contributed by atoms with Gasteiger partial charge >= 0.3 is 11.7 Å². The first-order chi connectivity index (χ1) is 14.9. The van der Waals surface area contributed by atoms with Crippen LogP contribution < -0.4 is 5.69 Å². The maximum atomic E-state index is 12.7. The number of carboxylic acid groups (broad SMARTS) is 1. The molecule has 0 amide bonds. The number of nitrogens with zero attached hydrogens (tertiary/aromatic N) is 4. The summed E-state index contributed by atoms with van der Waals surface area (Å²) in [6.45, 7) is 7.46. The molecule has 0 spiro atoms. The molecular weight excluding hydrogens is 392 g/mol. The lowest BCUT2D eigenvalue weighted by Gasteiger charge is -2.11. The van der Waals surface area contributed by atoms with Crippen LogP contribution in [0.5, 0.6) is 0 Å². The molecule has 0 fully saturated rings. The van der Waals surface area contributed by atoms with Crippen molar-refractivity contribution in [2.45, 2.75) is 46.8 Å². The molecule has 0 saturated carbocycles. The molecule has 0 atom stereocenters. The molecule has 0 aliphatic heterocycles. The van der Waals surface area contributed by atoms with Gasteiger partial charge in [0.25, 0.3) is 0 Å². The van der Waals surface area contributed by atoms with Crippen LogP contribution in [0.15, 0.2) is 53.5 Å². The van der Waals surface area contributed by atoms with Crippen molar-refractivity contribution in [3.8, 4) is 22.4 Å². The summed E-state index contributed by atoms with van der Waals surface area (Å²) in [6.07, 6.45) is 1.78. The molecule has 0 bridgehead atoms. The van der Waals surface area contributed by atoms with Gasteiger partial charge in [-0.3, -0.25) is 18.6 Å². The Morgan fingerprint density at radius 2 is 1.74 bits per heavy atom. The highest BCUT2D eigenvalue weighted by Crippen LogP contribution is 2.34. The van der Waals surface area contributed by atoms with Gasteiger partial charge in [0.1, 0.15) is 0 Å². The molecule has 2 aromatic carbocycles. The number of aliphatic carboxylic acids is 1. The van der Waals surface area contributed by atoms with E-state index in [2.05, 4.69) is 11.2 Å². The number of carboxylic acids is 1. The molecule has 2 heterocycles. The summed E-state index contributed by atoms with van der Waals surface area (Å²) < 4.78 is 5.32. The van der Waals surface area contributed by atoms with Gasteiger partial charge in [-0.15, -0.1) is 0 Å². The van der Waals surface area contributed by atoms with Gasteiger partial charge in [0, 0.05) is 24.2 Å². The van der Waals surface area contributed by atoms with Crippen LogP contribution >= 0.6 is 0 Å². The highest BCUT2D eigenvalue weighted by atomic mass is 16.4. The van der Waals surface area contributed by atoms with Crippen LogP contribution in [0.1, 0.15) is 25.8 Å². The number of rotatable bonds is 7. The predicted molar refractivity (Wildman–Crippen MR) is 121 cm³/mol. The quantitative estimate of drug-likeness (QED) is 0.489. The van der Waals surface area contributed by atoms with Crippen molar-refractivity contribution >= 4 is 17.0 Å². The average molecular weight is 418 g/mol. The Morgan fingerprint density at radius 1 is 1.00 bits per heavy atom. The fourth-order valence-corrected chi connectivity index (χ4v) is 4.16. The first kappa shape index (κ1) is 20.7. The van der Waals surface area contributed by atoms with E-state index in [9.17, 15) is 9.59 Å². The molecule has 2 aromatic heterocycles. The topological polar surface area (TPSA) is 82.0 Å². The molecule has 0 unspecified atom stereocenters. The summed E-state index contributed by atoms with van der Waals surface area (Å²) in [7, 11) is 0. The SMILES string of the molecule is CCn1c(=O)n(CC)c2cc(-c3cnn(CCC(=O)O)c3-c3cccc(C)c3)ccc21. The average Bonchev–Trinajstić information content (AvgIpc) is 3.29. The van der Waals surface area contributed by atoms with Crippen LogP contribution in [-0.2, 0) is 24.4 Å². The first-order valence-corrected chi connectivity index (χ1v) is 10.5. The summed E-state index contributed by atoms with van der Waals surface area (Å²) in [5, 5.41) is 13.7. The number of imidazole rings is 1. The minimum Gasteiger partial charge on any atom is -0.481 e. The zero-order valence-electron chi connectivity index (χ0n) is 18.0. The summed E-state index contributed by atoms with van der Waals surface area (Å²) >= 11 is 0. The summed E-state index contributed by atoms with van der Waals surface area (Å²) in [4.78, 5) is 23.9. The van der Waals surface area contributed by atoms with Gasteiger partial charge in [0.2, 0.25) is 0 Å². The molecule has 7 heteroatoms. The number of aryl methyl sites for hydroxylation is 4. The third kappa shape index (κ3) is 3.67. The lowest BCUT2D eigenvalue weighted by molar-refractivity contribution is -0.137. The Morgan fingerprint density at radius 3 is 2.42 bits per heavy atom. The molecule has 0 aliphatic carbocycles. The number of benzene rings is 2. The van der Waals surface area contributed by atoms with E-state index in [1.807, 2.05) is 57.2 Å². The van der Waals surface area contributed by atoms with E-state index in [0.29, 0.717) is 13.1 Å². The summed E-state index contributed by atoms with van der Waals surface area (Å²) in [6, 6.07) is 14.1. The van der Waals surface area contributed by atoms with E-state index in [1.165, 1.54) is 0 Å². The van der Waals surface area contributed by atoms with Gasteiger partial charge < -0.3 is 5.11 Å². The van der Waals surface area contributed by atoms with Crippen molar-refractivity contribution in [1.29, 1.82) is 0 Å². The van der Waals surface area contributed by atoms with Gasteiger partial charge in [-0.2, -0.15) is 5.10 Å². The second-order valence-corrected chi connectivity index (χ2v) is 7.62. The monoisotopic (exact) mass is 418 g/mol. The minimum absolute atomic E-state index is 0.00625. The number of aromatic nitrogens is 4. The Hall–Kier alpha value is -3.61.